The molecule has 110 valence electrons. The van der Waals surface area contributed by atoms with Crippen LogP contribution in [0.2, 0.25) is 0 Å². The SMILES string of the molecule is N#Cc1ccc2[nH]c(-c3ccncc3)c(CCCCN)c2c1. The molecule has 4 heteroatoms. The van der Waals surface area contributed by atoms with Crippen LogP contribution in [0.5, 0.6) is 0 Å². The smallest absolute Gasteiger partial charge is 0.0991 e. The van der Waals surface area contributed by atoms with Crippen molar-refractivity contribution < 1.29 is 0 Å². The summed E-state index contributed by atoms with van der Waals surface area (Å²) in [6.45, 7) is 0.705. The van der Waals surface area contributed by atoms with Crippen LogP contribution in [0.25, 0.3) is 22.2 Å². The summed E-state index contributed by atoms with van der Waals surface area (Å²) in [5.41, 5.74) is 10.9. The van der Waals surface area contributed by atoms with E-state index in [0.717, 1.165) is 41.4 Å². The first-order valence-electron chi connectivity index (χ1n) is 7.48. The zero-order valence-electron chi connectivity index (χ0n) is 12.3. The Bertz CT molecular complexity index is 812. The predicted octanol–water partition coefficient (Wildman–Crippen LogP) is 3.38. The van der Waals surface area contributed by atoms with E-state index in [-0.39, 0.29) is 0 Å². The van der Waals surface area contributed by atoms with Crippen molar-refractivity contribution in [1.82, 2.24) is 9.97 Å². The van der Waals surface area contributed by atoms with Crippen LogP contribution in [-0.4, -0.2) is 16.5 Å². The molecule has 0 spiro atoms. The fourth-order valence-electron chi connectivity index (χ4n) is 2.79. The van der Waals surface area contributed by atoms with Crippen molar-refractivity contribution in [2.24, 2.45) is 5.73 Å². The topological polar surface area (TPSA) is 78.5 Å². The summed E-state index contributed by atoms with van der Waals surface area (Å²) in [5, 5.41) is 10.3. The molecule has 2 heterocycles. The number of fused-ring (bicyclic) bond motifs is 1. The molecule has 3 N–H and O–H groups in total. The number of nitrogens with two attached hydrogens (primary N) is 1. The van der Waals surface area contributed by atoms with Gasteiger partial charge in [-0.25, -0.2) is 0 Å². The lowest BCUT2D eigenvalue weighted by Crippen LogP contribution is -1.99. The lowest BCUT2D eigenvalue weighted by molar-refractivity contribution is 0.748. The Kier molecular flexibility index (Phi) is 4.17. The molecule has 0 amide bonds. The molecule has 0 fully saturated rings. The van der Waals surface area contributed by atoms with Crippen LogP contribution in [-0.2, 0) is 6.42 Å². The van der Waals surface area contributed by atoms with Crippen molar-refractivity contribution in [2.75, 3.05) is 6.54 Å². The van der Waals surface area contributed by atoms with Gasteiger partial charge >= 0.3 is 0 Å². The molecule has 0 atom stereocenters. The number of rotatable bonds is 5. The van der Waals surface area contributed by atoms with Crippen LogP contribution >= 0.6 is 0 Å². The number of nitriles is 1. The third kappa shape index (κ3) is 2.72. The van der Waals surface area contributed by atoms with Gasteiger partial charge in [-0.3, -0.25) is 4.98 Å². The van der Waals surface area contributed by atoms with Crippen LogP contribution in [0.3, 0.4) is 0 Å². The van der Waals surface area contributed by atoms with Gasteiger partial charge in [0.05, 0.1) is 11.6 Å². The third-order valence-electron chi connectivity index (χ3n) is 3.89. The van der Waals surface area contributed by atoms with Crippen molar-refractivity contribution in [2.45, 2.75) is 19.3 Å². The Labute approximate surface area is 129 Å². The quantitative estimate of drug-likeness (QED) is 0.707. The Hall–Kier alpha value is -2.64. The van der Waals surface area contributed by atoms with E-state index in [1.807, 2.05) is 30.3 Å². The molecule has 4 nitrogen and oxygen atoms in total. The van der Waals surface area contributed by atoms with Crippen molar-refractivity contribution in [3.63, 3.8) is 0 Å². The Morgan fingerprint density at radius 2 is 1.95 bits per heavy atom. The van der Waals surface area contributed by atoms with Crippen LogP contribution in [0.1, 0.15) is 24.0 Å². The number of aryl methyl sites for hydroxylation is 1. The second-order valence-electron chi connectivity index (χ2n) is 5.33. The predicted molar refractivity (Wildman–Crippen MR) is 88.2 cm³/mol. The van der Waals surface area contributed by atoms with Gasteiger partial charge in [0.15, 0.2) is 0 Å². The zero-order valence-corrected chi connectivity index (χ0v) is 12.3. The normalized spacial score (nSPS) is 10.7. The molecule has 0 aliphatic rings. The van der Waals surface area contributed by atoms with Gasteiger partial charge in [-0.15, -0.1) is 0 Å². The molecule has 0 saturated carbocycles. The first-order valence-corrected chi connectivity index (χ1v) is 7.48. The molecule has 0 aliphatic heterocycles. The molecule has 0 saturated heterocycles. The van der Waals surface area contributed by atoms with E-state index < -0.39 is 0 Å². The monoisotopic (exact) mass is 290 g/mol. The number of hydrogen-bond donors (Lipinski definition) is 2. The van der Waals surface area contributed by atoms with Gasteiger partial charge in [-0.2, -0.15) is 5.26 Å². The molecular formula is C18H18N4. The molecule has 3 aromatic rings. The molecule has 0 radical (unpaired) electrons. The fraction of sp³-hybridized carbons (Fsp3) is 0.222. The summed E-state index contributed by atoms with van der Waals surface area (Å²) in [7, 11) is 0. The minimum Gasteiger partial charge on any atom is -0.354 e. The number of H-pyrrole nitrogens is 1. The Morgan fingerprint density at radius 1 is 1.14 bits per heavy atom. The average Bonchev–Trinajstić information content (AvgIpc) is 2.94. The summed E-state index contributed by atoms with van der Waals surface area (Å²) in [6, 6.07) is 12.0. The number of unbranched alkanes of at least 4 members (excludes halogenated alkanes) is 1. The van der Waals surface area contributed by atoms with Crippen LogP contribution < -0.4 is 5.73 Å². The molecule has 22 heavy (non-hydrogen) atoms. The maximum Gasteiger partial charge on any atom is 0.0991 e. The average molecular weight is 290 g/mol. The summed E-state index contributed by atoms with van der Waals surface area (Å²) in [6.07, 6.45) is 6.58. The van der Waals surface area contributed by atoms with Crippen LogP contribution in [0.15, 0.2) is 42.7 Å². The highest BCUT2D eigenvalue weighted by atomic mass is 14.7. The number of nitrogens with one attached hydrogen (secondary N) is 1. The third-order valence-corrected chi connectivity index (χ3v) is 3.89. The standard InChI is InChI=1S/C18H18N4/c19-8-2-1-3-15-16-11-13(12-20)4-5-17(16)22-18(15)14-6-9-21-10-7-14/h4-7,9-11,22H,1-3,8,19H2. The van der Waals surface area contributed by atoms with Gasteiger partial charge in [-0.1, -0.05) is 0 Å². The second-order valence-corrected chi connectivity index (χ2v) is 5.33. The first kappa shape index (κ1) is 14.3. The van der Waals surface area contributed by atoms with Gasteiger partial charge in [0.2, 0.25) is 0 Å². The number of aromatic amines is 1. The molecular weight excluding hydrogens is 272 g/mol. The minimum atomic E-state index is 0.688. The van der Waals surface area contributed by atoms with Gasteiger partial charge < -0.3 is 10.7 Å². The largest absolute Gasteiger partial charge is 0.354 e. The van der Waals surface area contributed by atoms with Crippen molar-refractivity contribution in [3.05, 3.63) is 53.9 Å². The van der Waals surface area contributed by atoms with E-state index >= 15 is 0 Å². The van der Waals surface area contributed by atoms with Gasteiger partial charge in [0.25, 0.3) is 0 Å². The van der Waals surface area contributed by atoms with E-state index in [2.05, 4.69) is 16.0 Å². The van der Waals surface area contributed by atoms with Gasteiger partial charge in [0.1, 0.15) is 0 Å². The number of aromatic nitrogens is 2. The molecule has 0 unspecified atom stereocenters. The number of nitrogens with zero attached hydrogens (tertiary/aromatic N) is 2. The highest BCUT2D eigenvalue weighted by molar-refractivity contribution is 5.91. The minimum absolute atomic E-state index is 0.688. The highest BCUT2D eigenvalue weighted by Gasteiger charge is 2.13. The Balaban J connectivity index is 2.13. The second kappa shape index (κ2) is 6.42. The number of hydrogen-bond acceptors (Lipinski definition) is 3. The zero-order chi connectivity index (χ0) is 15.4. The summed E-state index contributed by atoms with van der Waals surface area (Å²) in [4.78, 5) is 7.57. The molecule has 1 aromatic carbocycles. The van der Waals surface area contributed by atoms with Crippen molar-refractivity contribution >= 4 is 10.9 Å². The summed E-state index contributed by atoms with van der Waals surface area (Å²) >= 11 is 0. The lowest BCUT2D eigenvalue weighted by atomic mass is 10.00. The number of pyridine rings is 1. The van der Waals surface area contributed by atoms with Gasteiger partial charge in [0, 0.05) is 34.6 Å². The maximum absolute atomic E-state index is 9.14. The van der Waals surface area contributed by atoms with E-state index in [1.165, 1.54) is 5.56 Å². The highest BCUT2D eigenvalue weighted by Crippen LogP contribution is 2.31. The van der Waals surface area contributed by atoms with E-state index in [4.69, 9.17) is 11.0 Å². The van der Waals surface area contributed by atoms with Gasteiger partial charge in [-0.05, 0) is 61.7 Å². The fourth-order valence-corrected chi connectivity index (χ4v) is 2.79. The van der Waals surface area contributed by atoms with Crippen molar-refractivity contribution in [1.29, 1.82) is 5.26 Å². The summed E-state index contributed by atoms with van der Waals surface area (Å²) in [5.74, 6) is 0. The van der Waals surface area contributed by atoms with E-state index in [9.17, 15) is 0 Å². The maximum atomic E-state index is 9.14. The Morgan fingerprint density at radius 3 is 2.68 bits per heavy atom. The molecule has 2 aromatic heterocycles. The molecule has 0 aliphatic carbocycles. The van der Waals surface area contributed by atoms with E-state index in [1.54, 1.807) is 12.4 Å². The first-order chi connectivity index (χ1) is 10.8. The van der Waals surface area contributed by atoms with E-state index in [0.29, 0.717) is 12.1 Å². The van der Waals surface area contributed by atoms with Crippen molar-refractivity contribution in [3.8, 4) is 17.3 Å². The summed E-state index contributed by atoms with van der Waals surface area (Å²) < 4.78 is 0. The lowest BCUT2D eigenvalue weighted by Gasteiger charge is -2.05. The van der Waals surface area contributed by atoms with Crippen LogP contribution in [0, 0.1) is 11.3 Å². The molecule has 0 bridgehead atoms. The molecule has 3 rings (SSSR count). The van der Waals surface area contributed by atoms with Crippen LogP contribution in [0.4, 0.5) is 0 Å². The number of benzene rings is 1.